The lowest BCUT2D eigenvalue weighted by atomic mass is 10.2. The fourth-order valence-electron chi connectivity index (χ4n) is 2.83. The summed E-state index contributed by atoms with van der Waals surface area (Å²) in [6.07, 6.45) is 0. The van der Waals surface area contributed by atoms with Gasteiger partial charge in [0.1, 0.15) is 0 Å². The average Bonchev–Trinajstić information content (AvgIpc) is 3.07. The fourth-order valence-corrected chi connectivity index (χ4v) is 4.36. The van der Waals surface area contributed by atoms with Crippen LogP contribution in [0, 0.1) is 0 Å². The van der Waals surface area contributed by atoms with Gasteiger partial charge in [-0.25, -0.2) is 0 Å². The molecule has 2 aliphatic rings. The van der Waals surface area contributed by atoms with E-state index in [0.29, 0.717) is 53.7 Å². The van der Waals surface area contributed by atoms with Crippen LogP contribution in [0.2, 0.25) is 10.0 Å². The summed E-state index contributed by atoms with van der Waals surface area (Å²) in [7, 11) is 0. The molecule has 9 heteroatoms. The van der Waals surface area contributed by atoms with Gasteiger partial charge in [-0.1, -0.05) is 29.3 Å². The molecule has 0 aliphatic carbocycles. The molecule has 1 aromatic carbocycles. The molecule has 0 aromatic heterocycles. The number of amides is 2. The summed E-state index contributed by atoms with van der Waals surface area (Å²) >= 11 is 13.7. The second-order valence-electron chi connectivity index (χ2n) is 5.85. The van der Waals surface area contributed by atoms with Gasteiger partial charge >= 0.3 is 0 Å². The minimum Gasteiger partial charge on any atom is -0.378 e. The van der Waals surface area contributed by atoms with Crippen LogP contribution in [0.1, 0.15) is 0 Å². The minimum absolute atomic E-state index is 0.0712. The van der Waals surface area contributed by atoms with Gasteiger partial charge in [-0.05, 0) is 12.1 Å². The number of hydrogen-bond acceptors (Lipinski definition) is 5. The summed E-state index contributed by atoms with van der Waals surface area (Å²) < 4.78 is 5.29. The van der Waals surface area contributed by atoms with Crippen molar-refractivity contribution < 1.29 is 14.3 Å². The van der Waals surface area contributed by atoms with Crippen molar-refractivity contribution in [1.29, 1.82) is 0 Å². The van der Waals surface area contributed by atoms with Crippen molar-refractivity contribution in [1.82, 2.24) is 9.80 Å². The Morgan fingerprint density at radius 1 is 1.28 bits per heavy atom. The highest BCUT2D eigenvalue weighted by molar-refractivity contribution is 7.99. The molecule has 1 atom stereocenters. The molecule has 1 aromatic rings. The molecule has 3 rings (SSSR count). The van der Waals surface area contributed by atoms with E-state index >= 15 is 0 Å². The van der Waals surface area contributed by atoms with Crippen LogP contribution in [0.15, 0.2) is 18.2 Å². The van der Waals surface area contributed by atoms with Gasteiger partial charge < -0.3 is 15.0 Å². The standard InChI is InChI=1S/C16H19Cl2N3O3S/c17-11-2-1-3-12(15(11)18)19-14(22)8-21-10-25-9-13(21)16(23)20-4-6-24-7-5-20/h1-3,13H,4-10H2,(H,19,22)/t13-/m1/s1. The summed E-state index contributed by atoms with van der Waals surface area (Å²) in [6.45, 7) is 2.49. The Kier molecular flexibility index (Phi) is 6.46. The molecule has 136 valence electrons. The Bertz CT molecular complexity index is 656. The Balaban J connectivity index is 1.60. The molecule has 1 N–H and O–H groups in total. The van der Waals surface area contributed by atoms with Gasteiger partial charge in [0.05, 0.1) is 41.5 Å². The van der Waals surface area contributed by atoms with Crippen LogP contribution in [0.5, 0.6) is 0 Å². The number of carbonyl (C=O) groups excluding carboxylic acids is 2. The number of hydrogen-bond donors (Lipinski definition) is 1. The first-order valence-electron chi connectivity index (χ1n) is 7.98. The van der Waals surface area contributed by atoms with Crippen LogP contribution < -0.4 is 5.32 Å². The van der Waals surface area contributed by atoms with Crippen molar-refractivity contribution in [2.75, 3.05) is 49.8 Å². The Hall–Kier alpha value is -0.990. The van der Waals surface area contributed by atoms with Crippen LogP contribution in [-0.4, -0.2) is 72.1 Å². The summed E-state index contributed by atoms with van der Waals surface area (Å²) in [6, 6.07) is 4.80. The smallest absolute Gasteiger partial charge is 0.240 e. The Morgan fingerprint density at radius 2 is 2.04 bits per heavy atom. The number of anilines is 1. The highest BCUT2D eigenvalue weighted by Crippen LogP contribution is 2.29. The molecule has 0 spiro atoms. The maximum absolute atomic E-state index is 12.7. The second-order valence-corrected chi connectivity index (χ2v) is 7.63. The molecule has 2 fully saturated rings. The van der Waals surface area contributed by atoms with E-state index in [1.807, 2.05) is 9.80 Å². The van der Waals surface area contributed by atoms with Crippen molar-refractivity contribution in [3.05, 3.63) is 28.2 Å². The van der Waals surface area contributed by atoms with Gasteiger partial charge in [-0.3, -0.25) is 14.5 Å². The van der Waals surface area contributed by atoms with Crippen molar-refractivity contribution in [3.8, 4) is 0 Å². The second kappa shape index (κ2) is 8.60. The van der Waals surface area contributed by atoms with Crippen LogP contribution in [0.4, 0.5) is 5.69 Å². The zero-order valence-corrected chi connectivity index (χ0v) is 15.9. The number of morpholine rings is 1. The SMILES string of the molecule is O=C(CN1CSC[C@@H]1C(=O)N1CCOCC1)Nc1cccc(Cl)c1Cl. The molecule has 2 aliphatic heterocycles. The van der Waals surface area contributed by atoms with Crippen LogP contribution in [0.3, 0.4) is 0 Å². The molecular formula is C16H19Cl2N3O3S. The molecule has 2 saturated heterocycles. The normalized spacial score (nSPS) is 21.4. The summed E-state index contributed by atoms with van der Waals surface area (Å²) in [5.41, 5.74) is 0.474. The lowest BCUT2D eigenvalue weighted by Gasteiger charge is -2.31. The predicted octanol–water partition coefficient (Wildman–Crippen LogP) is 2.17. The summed E-state index contributed by atoms with van der Waals surface area (Å²) in [5, 5.41) is 3.47. The quantitative estimate of drug-likeness (QED) is 0.834. The largest absolute Gasteiger partial charge is 0.378 e. The van der Waals surface area contributed by atoms with Crippen molar-refractivity contribution >= 4 is 52.5 Å². The van der Waals surface area contributed by atoms with Crippen LogP contribution in [0.25, 0.3) is 0 Å². The number of nitrogens with zero attached hydrogens (tertiary/aromatic N) is 2. The maximum Gasteiger partial charge on any atom is 0.240 e. The number of rotatable bonds is 4. The van der Waals surface area contributed by atoms with Crippen LogP contribution in [-0.2, 0) is 14.3 Å². The number of thioether (sulfide) groups is 1. The first-order valence-corrected chi connectivity index (χ1v) is 9.89. The molecule has 0 radical (unpaired) electrons. The van der Waals surface area contributed by atoms with Gasteiger partial charge in [0.15, 0.2) is 0 Å². The zero-order valence-electron chi connectivity index (χ0n) is 13.5. The Labute approximate surface area is 160 Å². The molecule has 0 bridgehead atoms. The van der Waals surface area contributed by atoms with Gasteiger partial charge in [0, 0.05) is 24.7 Å². The topological polar surface area (TPSA) is 61.9 Å². The molecule has 25 heavy (non-hydrogen) atoms. The van der Waals surface area contributed by atoms with E-state index in [1.165, 1.54) is 0 Å². The zero-order chi connectivity index (χ0) is 17.8. The van der Waals surface area contributed by atoms with Gasteiger partial charge in [0.25, 0.3) is 0 Å². The first-order chi connectivity index (χ1) is 12.1. The summed E-state index contributed by atoms with van der Waals surface area (Å²) in [5.74, 6) is 1.20. The van der Waals surface area contributed by atoms with Crippen molar-refractivity contribution in [3.63, 3.8) is 0 Å². The van der Waals surface area contributed by atoms with Gasteiger partial charge in [0.2, 0.25) is 11.8 Å². The third-order valence-electron chi connectivity index (χ3n) is 4.15. The van der Waals surface area contributed by atoms with E-state index in [1.54, 1.807) is 30.0 Å². The third-order valence-corrected chi connectivity index (χ3v) is 6.04. The molecule has 0 saturated carbocycles. The maximum atomic E-state index is 12.7. The number of benzene rings is 1. The van der Waals surface area contributed by atoms with E-state index < -0.39 is 0 Å². The third kappa shape index (κ3) is 4.60. The molecule has 6 nitrogen and oxygen atoms in total. The average molecular weight is 404 g/mol. The highest BCUT2D eigenvalue weighted by atomic mass is 35.5. The lowest BCUT2D eigenvalue weighted by Crippen LogP contribution is -2.51. The first kappa shape index (κ1) is 18.8. The van der Waals surface area contributed by atoms with E-state index in [0.717, 1.165) is 0 Å². The predicted molar refractivity (Wildman–Crippen MR) is 100 cm³/mol. The lowest BCUT2D eigenvalue weighted by molar-refractivity contribution is -0.140. The molecular weight excluding hydrogens is 385 g/mol. The monoisotopic (exact) mass is 403 g/mol. The number of halogens is 2. The Morgan fingerprint density at radius 3 is 2.80 bits per heavy atom. The van der Waals surface area contributed by atoms with E-state index in [2.05, 4.69) is 5.32 Å². The fraction of sp³-hybridized carbons (Fsp3) is 0.500. The van der Waals surface area contributed by atoms with Gasteiger partial charge in [-0.15, -0.1) is 11.8 Å². The molecule has 2 heterocycles. The highest BCUT2D eigenvalue weighted by Gasteiger charge is 2.35. The number of nitrogens with one attached hydrogen (secondary N) is 1. The number of carbonyl (C=O) groups is 2. The van der Waals surface area contributed by atoms with E-state index in [9.17, 15) is 9.59 Å². The van der Waals surface area contributed by atoms with Crippen LogP contribution >= 0.6 is 35.0 Å². The molecule has 0 unspecified atom stereocenters. The minimum atomic E-state index is -0.274. The number of ether oxygens (including phenoxy) is 1. The molecule has 2 amide bonds. The van der Waals surface area contributed by atoms with E-state index in [4.69, 9.17) is 27.9 Å². The van der Waals surface area contributed by atoms with E-state index in [-0.39, 0.29) is 24.4 Å². The van der Waals surface area contributed by atoms with Crippen molar-refractivity contribution in [2.24, 2.45) is 0 Å². The van der Waals surface area contributed by atoms with Crippen molar-refractivity contribution in [2.45, 2.75) is 6.04 Å². The van der Waals surface area contributed by atoms with Gasteiger partial charge in [-0.2, -0.15) is 0 Å². The summed E-state index contributed by atoms with van der Waals surface area (Å²) in [4.78, 5) is 28.8.